The van der Waals surface area contributed by atoms with Crippen molar-refractivity contribution in [1.82, 2.24) is 15.5 Å². The van der Waals surface area contributed by atoms with Crippen LogP contribution >= 0.6 is 11.8 Å². The molecule has 3 amide bonds. The number of thioether (sulfide) groups is 1. The van der Waals surface area contributed by atoms with E-state index in [1.807, 2.05) is 6.26 Å². The van der Waals surface area contributed by atoms with E-state index in [0.29, 0.717) is 31.6 Å². The maximum absolute atomic E-state index is 12.9. The van der Waals surface area contributed by atoms with E-state index in [0.717, 1.165) is 0 Å². The van der Waals surface area contributed by atoms with E-state index in [2.05, 4.69) is 10.6 Å². The van der Waals surface area contributed by atoms with Crippen LogP contribution in [0.2, 0.25) is 0 Å². The second-order valence-corrected chi connectivity index (χ2v) is 8.79. The molecular formula is C19H32N4O7S. The SMILES string of the molecule is CSCCC(N)C(=O)N1CCCC1C(=O)NC(C(=O)NC(CC(=O)O)C(=O)O)C(C)C. The number of carboxylic acids is 2. The first-order chi connectivity index (χ1) is 14.5. The Bertz CT molecular complexity index is 688. The molecule has 0 saturated carbocycles. The summed E-state index contributed by atoms with van der Waals surface area (Å²) in [6.45, 7) is 3.71. The summed E-state index contributed by atoms with van der Waals surface area (Å²) in [5, 5.41) is 22.7. The summed E-state index contributed by atoms with van der Waals surface area (Å²) in [6.07, 6.45) is 2.65. The molecule has 0 spiro atoms. The number of hydrogen-bond donors (Lipinski definition) is 5. The maximum atomic E-state index is 12.9. The van der Waals surface area contributed by atoms with Gasteiger partial charge in [0, 0.05) is 6.54 Å². The second-order valence-electron chi connectivity index (χ2n) is 7.81. The minimum Gasteiger partial charge on any atom is -0.481 e. The van der Waals surface area contributed by atoms with Crippen molar-refractivity contribution in [2.45, 2.75) is 63.7 Å². The first-order valence-corrected chi connectivity index (χ1v) is 11.5. The van der Waals surface area contributed by atoms with Crippen molar-refractivity contribution in [1.29, 1.82) is 0 Å². The van der Waals surface area contributed by atoms with Crippen LogP contribution in [-0.4, -0.2) is 87.5 Å². The lowest BCUT2D eigenvalue weighted by Gasteiger charge is -2.29. The standard InChI is InChI=1S/C19H32N4O7S/c1-10(2)15(17(27)21-12(19(29)30)9-14(24)25)22-16(26)13-5-4-7-23(13)18(28)11(20)6-8-31-3/h10-13,15H,4-9,20H2,1-3H3,(H,21,27)(H,22,26)(H,24,25)(H,29,30). The Morgan fingerprint density at radius 3 is 2.32 bits per heavy atom. The van der Waals surface area contributed by atoms with Gasteiger partial charge in [0.25, 0.3) is 0 Å². The van der Waals surface area contributed by atoms with Crippen molar-refractivity contribution in [2.24, 2.45) is 11.7 Å². The Balaban J connectivity index is 2.86. The predicted octanol–water partition coefficient (Wildman–Crippen LogP) is -0.757. The van der Waals surface area contributed by atoms with Crippen LogP contribution in [0.25, 0.3) is 0 Å². The van der Waals surface area contributed by atoms with Gasteiger partial charge in [0.05, 0.1) is 12.5 Å². The molecule has 0 aromatic rings. The molecule has 4 atom stereocenters. The number of nitrogens with one attached hydrogen (secondary N) is 2. The molecule has 0 aliphatic carbocycles. The van der Waals surface area contributed by atoms with Gasteiger partial charge in [-0.3, -0.25) is 19.2 Å². The molecule has 31 heavy (non-hydrogen) atoms. The highest BCUT2D eigenvalue weighted by Crippen LogP contribution is 2.20. The highest BCUT2D eigenvalue weighted by Gasteiger charge is 2.38. The third-order valence-corrected chi connectivity index (χ3v) is 5.67. The van der Waals surface area contributed by atoms with Gasteiger partial charge in [-0.25, -0.2) is 4.79 Å². The zero-order valence-corrected chi connectivity index (χ0v) is 18.8. The van der Waals surface area contributed by atoms with Crippen molar-refractivity contribution in [3.8, 4) is 0 Å². The largest absolute Gasteiger partial charge is 0.481 e. The molecule has 0 bridgehead atoms. The maximum Gasteiger partial charge on any atom is 0.326 e. The van der Waals surface area contributed by atoms with E-state index in [9.17, 15) is 24.0 Å². The summed E-state index contributed by atoms with van der Waals surface area (Å²) in [5.41, 5.74) is 5.96. The minimum atomic E-state index is -1.62. The lowest BCUT2D eigenvalue weighted by molar-refractivity contribution is -0.147. The van der Waals surface area contributed by atoms with Crippen molar-refractivity contribution < 1.29 is 34.2 Å². The van der Waals surface area contributed by atoms with E-state index in [1.165, 1.54) is 4.90 Å². The Morgan fingerprint density at radius 2 is 1.81 bits per heavy atom. The van der Waals surface area contributed by atoms with Crippen molar-refractivity contribution in [3.05, 3.63) is 0 Å². The van der Waals surface area contributed by atoms with Crippen molar-refractivity contribution in [2.75, 3.05) is 18.6 Å². The number of likely N-dealkylation sites (tertiary alicyclic amines) is 1. The summed E-state index contributed by atoms with van der Waals surface area (Å²) in [7, 11) is 0. The number of nitrogens with two attached hydrogens (primary N) is 1. The van der Waals surface area contributed by atoms with E-state index in [1.54, 1.807) is 25.6 Å². The van der Waals surface area contributed by atoms with E-state index < -0.39 is 60.3 Å². The molecule has 0 aromatic carbocycles. The summed E-state index contributed by atoms with van der Waals surface area (Å²) in [6, 6.07) is -4.19. The molecule has 4 unspecified atom stereocenters. The van der Waals surface area contributed by atoms with Gasteiger partial charge >= 0.3 is 11.9 Å². The summed E-state index contributed by atoms with van der Waals surface area (Å²) >= 11 is 1.57. The van der Waals surface area contributed by atoms with Crippen LogP contribution in [0.15, 0.2) is 0 Å². The van der Waals surface area contributed by atoms with Gasteiger partial charge in [0.15, 0.2) is 0 Å². The Labute approximate surface area is 185 Å². The fourth-order valence-electron chi connectivity index (χ4n) is 3.30. The van der Waals surface area contributed by atoms with E-state index in [-0.39, 0.29) is 5.91 Å². The van der Waals surface area contributed by atoms with Crippen LogP contribution < -0.4 is 16.4 Å². The lowest BCUT2D eigenvalue weighted by atomic mass is 10.0. The molecule has 1 aliphatic heterocycles. The number of hydrogen-bond acceptors (Lipinski definition) is 7. The Hall–Kier alpha value is -2.34. The van der Waals surface area contributed by atoms with Crippen LogP contribution in [0.1, 0.15) is 39.5 Å². The number of carbonyl (C=O) groups excluding carboxylic acids is 3. The Kier molecular flexibility index (Phi) is 10.8. The Morgan fingerprint density at radius 1 is 1.16 bits per heavy atom. The van der Waals surface area contributed by atoms with E-state index in [4.69, 9.17) is 15.9 Å². The topological polar surface area (TPSA) is 179 Å². The predicted molar refractivity (Wildman–Crippen MR) is 114 cm³/mol. The quantitative estimate of drug-likeness (QED) is 0.250. The fourth-order valence-corrected chi connectivity index (χ4v) is 3.79. The molecule has 0 aromatic heterocycles. The van der Waals surface area contributed by atoms with Crippen LogP contribution in [0.3, 0.4) is 0 Å². The molecule has 0 radical (unpaired) electrons. The molecule has 176 valence electrons. The molecule has 11 nitrogen and oxygen atoms in total. The fraction of sp³-hybridized carbons (Fsp3) is 0.737. The summed E-state index contributed by atoms with van der Waals surface area (Å²) < 4.78 is 0. The van der Waals surface area contributed by atoms with Crippen LogP contribution in [0, 0.1) is 5.92 Å². The summed E-state index contributed by atoms with van der Waals surface area (Å²) in [4.78, 5) is 61.6. The third kappa shape index (κ3) is 8.02. The van der Waals surface area contributed by atoms with Gasteiger partial charge in [0.1, 0.15) is 18.1 Å². The number of rotatable bonds is 12. The zero-order valence-electron chi connectivity index (χ0n) is 18.0. The highest BCUT2D eigenvalue weighted by molar-refractivity contribution is 7.98. The molecule has 12 heteroatoms. The van der Waals surface area contributed by atoms with Gasteiger partial charge in [-0.2, -0.15) is 11.8 Å². The lowest BCUT2D eigenvalue weighted by Crippen LogP contribution is -2.58. The molecule has 1 rings (SSSR count). The van der Waals surface area contributed by atoms with Gasteiger partial charge in [-0.15, -0.1) is 0 Å². The number of nitrogens with zero attached hydrogens (tertiary/aromatic N) is 1. The molecule has 6 N–H and O–H groups in total. The van der Waals surface area contributed by atoms with E-state index >= 15 is 0 Å². The first kappa shape index (κ1) is 26.7. The molecular weight excluding hydrogens is 428 g/mol. The van der Waals surface area contributed by atoms with Gasteiger partial charge in [-0.05, 0) is 37.2 Å². The van der Waals surface area contributed by atoms with Crippen molar-refractivity contribution in [3.63, 3.8) is 0 Å². The zero-order chi connectivity index (χ0) is 23.7. The number of carboxylic acid groups (broad SMARTS) is 2. The molecule has 1 heterocycles. The second kappa shape index (κ2) is 12.5. The van der Waals surface area contributed by atoms with Gasteiger partial charge in [0.2, 0.25) is 17.7 Å². The minimum absolute atomic E-state index is 0.315. The average Bonchev–Trinajstić information content (AvgIpc) is 3.17. The van der Waals surface area contributed by atoms with Gasteiger partial charge < -0.3 is 31.5 Å². The van der Waals surface area contributed by atoms with Crippen LogP contribution in [-0.2, 0) is 24.0 Å². The molecule has 1 aliphatic rings. The van der Waals surface area contributed by atoms with Crippen LogP contribution in [0.5, 0.6) is 0 Å². The number of carbonyl (C=O) groups is 5. The third-order valence-electron chi connectivity index (χ3n) is 5.03. The van der Waals surface area contributed by atoms with Crippen molar-refractivity contribution >= 4 is 41.4 Å². The number of aliphatic carboxylic acids is 2. The van der Waals surface area contributed by atoms with Crippen LogP contribution in [0.4, 0.5) is 0 Å². The molecule has 1 fully saturated rings. The monoisotopic (exact) mass is 460 g/mol. The average molecular weight is 461 g/mol. The smallest absolute Gasteiger partial charge is 0.326 e. The summed E-state index contributed by atoms with van der Waals surface area (Å²) in [5.74, 6) is -4.20. The first-order valence-electron chi connectivity index (χ1n) is 10.1. The highest BCUT2D eigenvalue weighted by atomic mass is 32.2. The number of amides is 3. The normalized spacial score (nSPS) is 18.9. The molecule has 1 saturated heterocycles. The van der Waals surface area contributed by atoms with Gasteiger partial charge in [-0.1, -0.05) is 13.8 Å².